The van der Waals surface area contributed by atoms with Crippen molar-refractivity contribution < 1.29 is 9.53 Å². The predicted octanol–water partition coefficient (Wildman–Crippen LogP) is 2.82. The van der Waals surface area contributed by atoms with Crippen LogP contribution in [0.2, 0.25) is 0 Å². The number of piperazine rings is 1. The van der Waals surface area contributed by atoms with Crippen LogP contribution in [0.4, 0.5) is 23.0 Å². The van der Waals surface area contributed by atoms with Crippen molar-refractivity contribution in [2.24, 2.45) is 11.1 Å². The minimum Gasteiger partial charge on any atom is -0.380 e. The van der Waals surface area contributed by atoms with Crippen molar-refractivity contribution in [1.82, 2.24) is 30.0 Å². The minimum atomic E-state index is -0.649. The van der Waals surface area contributed by atoms with E-state index in [1.807, 2.05) is 25.1 Å². The molecule has 228 valence electrons. The summed E-state index contributed by atoms with van der Waals surface area (Å²) in [7, 11) is 2.21. The molecule has 0 bridgehead atoms. The van der Waals surface area contributed by atoms with E-state index in [-0.39, 0.29) is 11.7 Å². The molecule has 43 heavy (non-hydrogen) atoms. The van der Waals surface area contributed by atoms with Gasteiger partial charge in [-0.15, -0.1) is 0 Å². The van der Waals surface area contributed by atoms with Gasteiger partial charge in [-0.2, -0.15) is 5.10 Å². The fraction of sp³-hybridized carbons (Fsp3) is 0.548. The molecular formula is C31H42N10O2. The molecule has 7 rings (SSSR count). The number of aromatic amines is 1. The monoisotopic (exact) mass is 586 g/mol. The normalized spacial score (nSPS) is 21.4. The highest BCUT2D eigenvalue weighted by molar-refractivity contribution is 5.97. The number of primary amides is 1. The van der Waals surface area contributed by atoms with E-state index >= 15 is 0 Å². The third kappa shape index (κ3) is 5.78. The zero-order valence-electron chi connectivity index (χ0n) is 25.1. The summed E-state index contributed by atoms with van der Waals surface area (Å²) in [6, 6.07) is 11.1. The van der Waals surface area contributed by atoms with Gasteiger partial charge >= 0.3 is 0 Å². The number of carbonyl (C=O) groups excluding carboxylic acids is 1. The largest absolute Gasteiger partial charge is 0.380 e. The van der Waals surface area contributed by atoms with Gasteiger partial charge in [0, 0.05) is 73.8 Å². The van der Waals surface area contributed by atoms with Gasteiger partial charge < -0.3 is 30.9 Å². The summed E-state index contributed by atoms with van der Waals surface area (Å²) >= 11 is 0. The molecule has 1 amide bonds. The molecular weight excluding hydrogens is 544 g/mol. The number of nitrogens with two attached hydrogens (primary N) is 1. The molecule has 12 nitrogen and oxygen atoms in total. The number of anilines is 4. The number of rotatable bonds is 8. The van der Waals surface area contributed by atoms with E-state index in [1.165, 1.54) is 31.6 Å². The van der Waals surface area contributed by atoms with E-state index < -0.39 is 5.91 Å². The van der Waals surface area contributed by atoms with Crippen molar-refractivity contribution in [3.8, 4) is 11.4 Å². The molecule has 5 heterocycles. The summed E-state index contributed by atoms with van der Waals surface area (Å²) in [5, 5.41) is 14.2. The van der Waals surface area contributed by atoms with Crippen LogP contribution < -0.4 is 21.3 Å². The number of aryl methyl sites for hydroxylation is 1. The minimum absolute atomic E-state index is 0.0775. The molecule has 0 radical (unpaired) electrons. The molecule has 0 atom stereocenters. The van der Waals surface area contributed by atoms with Crippen molar-refractivity contribution in [2.45, 2.75) is 44.7 Å². The Morgan fingerprint density at radius 2 is 1.74 bits per heavy atom. The molecule has 0 unspecified atom stereocenters. The number of hydrogen-bond acceptors (Lipinski definition) is 10. The van der Waals surface area contributed by atoms with Crippen LogP contribution >= 0.6 is 0 Å². The van der Waals surface area contributed by atoms with Gasteiger partial charge in [-0.3, -0.25) is 14.8 Å². The highest BCUT2D eigenvalue weighted by Gasteiger charge is 2.50. The second-order valence-corrected chi connectivity index (χ2v) is 12.9. The van der Waals surface area contributed by atoms with Crippen molar-refractivity contribution >= 4 is 28.9 Å². The Morgan fingerprint density at radius 1 is 1.02 bits per heavy atom. The Balaban J connectivity index is 1.06. The second kappa shape index (κ2) is 11.4. The zero-order valence-corrected chi connectivity index (χ0v) is 25.1. The maximum Gasteiger partial charge on any atom is 0.271 e. The summed E-state index contributed by atoms with van der Waals surface area (Å²) in [6.07, 6.45) is 4.41. The van der Waals surface area contributed by atoms with Crippen LogP contribution in [0.25, 0.3) is 11.4 Å². The van der Waals surface area contributed by atoms with Crippen molar-refractivity contribution in [3.63, 3.8) is 0 Å². The topological polar surface area (TPSA) is 141 Å². The molecule has 3 saturated heterocycles. The summed E-state index contributed by atoms with van der Waals surface area (Å²) in [4.78, 5) is 29.7. The van der Waals surface area contributed by atoms with E-state index in [1.54, 1.807) is 0 Å². The summed E-state index contributed by atoms with van der Waals surface area (Å²) in [6.45, 7) is 10.3. The Kier molecular flexibility index (Phi) is 7.44. The number of nitrogens with one attached hydrogen (secondary N) is 3. The van der Waals surface area contributed by atoms with E-state index in [0.717, 1.165) is 63.6 Å². The number of H-pyrrole nitrogens is 1. The Labute approximate surface area is 252 Å². The molecule has 12 heteroatoms. The lowest BCUT2D eigenvalue weighted by molar-refractivity contribution is -0.159. The van der Waals surface area contributed by atoms with Crippen molar-refractivity contribution in [2.75, 3.05) is 75.1 Å². The number of amides is 1. The molecule has 3 aliphatic heterocycles. The van der Waals surface area contributed by atoms with Crippen LogP contribution in [-0.2, 0) is 4.74 Å². The van der Waals surface area contributed by atoms with Crippen molar-refractivity contribution in [3.05, 3.63) is 41.7 Å². The first kappa shape index (κ1) is 28.1. The number of piperidine rings is 1. The number of likely N-dealkylation sites (N-methyl/N-ethyl adjacent to an activating group) is 1. The number of hydrogen-bond donors (Lipinski definition) is 4. The Hall–Kier alpha value is -3.74. The number of aromatic nitrogens is 4. The molecule has 4 aliphatic rings. The van der Waals surface area contributed by atoms with Gasteiger partial charge in [0.05, 0.1) is 13.2 Å². The third-order valence-electron chi connectivity index (χ3n) is 9.61. The molecule has 1 saturated carbocycles. The van der Waals surface area contributed by atoms with Gasteiger partial charge in [0.1, 0.15) is 11.4 Å². The zero-order chi connectivity index (χ0) is 29.6. The molecule has 1 spiro atoms. The van der Waals surface area contributed by atoms with Crippen LogP contribution in [0.15, 0.2) is 30.3 Å². The quantitative estimate of drug-likeness (QED) is 0.311. The molecule has 1 aliphatic carbocycles. The van der Waals surface area contributed by atoms with E-state index in [2.05, 4.69) is 54.7 Å². The number of nitrogens with zero attached hydrogens (tertiary/aromatic N) is 6. The summed E-state index contributed by atoms with van der Waals surface area (Å²) < 4.78 is 5.44. The van der Waals surface area contributed by atoms with Crippen LogP contribution in [0.3, 0.4) is 0 Å². The maximum absolute atomic E-state index is 12.6. The van der Waals surface area contributed by atoms with Gasteiger partial charge in [0.25, 0.3) is 5.91 Å². The predicted molar refractivity (Wildman–Crippen MR) is 167 cm³/mol. The van der Waals surface area contributed by atoms with Crippen molar-refractivity contribution in [1.29, 1.82) is 0 Å². The van der Waals surface area contributed by atoms with E-state index in [0.29, 0.717) is 34.5 Å². The molecule has 4 fully saturated rings. The average molecular weight is 587 g/mol. The van der Waals surface area contributed by atoms with Crippen LogP contribution in [0, 0.1) is 12.3 Å². The molecule has 3 aromatic rings. The molecule has 2 aromatic heterocycles. The molecule has 5 N–H and O–H groups in total. The fourth-order valence-electron chi connectivity index (χ4n) is 6.99. The van der Waals surface area contributed by atoms with E-state index in [4.69, 9.17) is 20.4 Å². The lowest BCUT2D eigenvalue weighted by Crippen LogP contribution is -2.56. The number of carbonyl (C=O) groups is 1. The Morgan fingerprint density at radius 3 is 2.35 bits per heavy atom. The SMILES string of the molecule is Cc1cc(-c2nc(C(N)=O)c(Nc3ccc(N4CCC(N5CCN(C)CC5)CC4)cc3)nc2NC2CC3(COC3)C2)n[nH]1. The first-order chi connectivity index (χ1) is 20.8. The van der Waals surface area contributed by atoms with Gasteiger partial charge in [-0.1, -0.05) is 0 Å². The van der Waals surface area contributed by atoms with Crippen LogP contribution in [0.1, 0.15) is 41.9 Å². The Bertz CT molecular complexity index is 1450. The van der Waals surface area contributed by atoms with Gasteiger partial charge in [0.15, 0.2) is 17.3 Å². The van der Waals surface area contributed by atoms with Crippen LogP contribution in [0.5, 0.6) is 0 Å². The second-order valence-electron chi connectivity index (χ2n) is 12.9. The first-order valence-corrected chi connectivity index (χ1v) is 15.5. The summed E-state index contributed by atoms with van der Waals surface area (Å²) in [5.74, 6) is 0.260. The maximum atomic E-state index is 12.6. The smallest absolute Gasteiger partial charge is 0.271 e. The van der Waals surface area contributed by atoms with Gasteiger partial charge in [-0.25, -0.2) is 9.97 Å². The van der Waals surface area contributed by atoms with Gasteiger partial charge in [-0.05, 0) is 70.0 Å². The lowest BCUT2D eigenvalue weighted by Gasteiger charge is -2.53. The number of ether oxygens (including phenoxy) is 1. The lowest BCUT2D eigenvalue weighted by atomic mass is 9.64. The number of benzene rings is 1. The standard InChI is InChI=1S/C31H42N10O2/c1-20-15-25(38-37-20)26-29(34-22-16-31(17-22)18-43-19-31)36-30(27(35-26)28(32)42)33-21-3-5-23(6-4-21)40-9-7-24(8-10-40)41-13-11-39(2)12-14-41/h3-6,15,22,24H,7-14,16-19H2,1-2H3,(H2,32,42)(H,37,38)(H2,33,34,36). The third-order valence-corrected chi connectivity index (χ3v) is 9.61. The summed E-state index contributed by atoms with van der Waals surface area (Å²) in [5.41, 5.74) is 10.2. The molecule has 1 aromatic carbocycles. The average Bonchev–Trinajstić information content (AvgIpc) is 3.40. The fourth-order valence-corrected chi connectivity index (χ4v) is 6.99. The van der Waals surface area contributed by atoms with E-state index in [9.17, 15) is 4.79 Å². The van der Waals surface area contributed by atoms with Crippen LogP contribution in [-0.4, -0.2) is 107 Å². The van der Waals surface area contributed by atoms with Gasteiger partial charge in [0.2, 0.25) is 0 Å². The first-order valence-electron chi connectivity index (χ1n) is 15.5. The highest BCUT2D eigenvalue weighted by atomic mass is 16.5. The highest BCUT2D eigenvalue weighted by Crippen LogP contribution is 2.48.